The van der Waals surface area contributed by atoms with Crippen molar-refractivity contribution in [3.05, 3.63) is 64.1 Å². The maximum atomic E-state index is 11.1. The smallest absolute Gasteiger partial charge is 0.355 e. The summed E-state index contributed by atoms with van der Waals surface area (Å²) in [7, 11) is 0. The van der Waals surface area contributed by atoms with E-state index in [4.69, 9.17) is 16.7 Å². The standard InChI is InChI=1S/C18H12ClN3O2S/c1-10-6-7-11(13(19)8-10)16-12-4-2-3-5-15(12)22(21-16)18-20-14(9-25-18)17(23)24/h2-9H,1H3,(H,23,24). The molecule has 0 saturated heterocycles. The van der Waals surface area contributed by atoms with Gasteiger partial charge in [-0.15, -0.1) is 11.3 Å². The Labute approximate surface area is 152 Å². The molecular weight excluding hydrogens is 358 g/mol. The van der Waals surface area contributed by atoms with E-state index in [1.165, 1.54) is 16.7 Å². The molecule has 0 saturated carbocycles. The summed E-state index contributed by atoms with van der Waals surface area (Å²) in [5.41, 5.74) is 3.50. The average Bonchev–Trinajstić information content (AvgIpc) is 3.20. The Morgan fingerprint density at radius 3 is 2.76 bits per heavy atom. The number of carbonyl (C=O) groups is 1. The fourth-order valence-electron chi connectivity index (χ4n) is 2.68. The fourth-order valence-corrected chi connectivity index (χ4v) is 3.77. The van der Waals surface area contributed by atoms with E-state index in [9.17, 15) is 4.79 Å². The van der Waals surface area contributed by atoms with Gasteiger partial charge in [-0.05, 0) is 24.6 Å². The highest BCUT2D eigenvalue weighted by Gasteiger charge is 2.18. The van der Waals surface area contributed by atoms with Crippen molar-refractivity contribution in [1.29, 1.82) is 0 Å². The van der Waals surface area contributed by atoms with Crippen molar-refractivity contribution in [2.45, 2.75) is 6.92 Å². The van der Waals surface area contributed by atoms with Crippen molar-refractivity contribution in [1.82, 2.24) is 14.8 Å². The molecule has 0 amide bonds. The summed E-state index contributed by atoms with van der Waals surface area (Å²) < 4.78 is 1.66. The van der Waals surface area contributed by atoms with Gasteiger partial charge in [-0.25, -0.2) is 14.5 Å². The Kier molecular flexibility index (Phi) is 3.78. The zero-order valence-corrected chi connectivity index (χ0v) is 14.7. The second kappa shape index (κ2) is 5.98. The summed E-state index contributed by atoms with van der Waals surface area (Å²) in [6.07, 6.45) is 0. The number of aromatic nitrogens is 3. The third-order valence-electron chi connectivity index (χ3n) is 3.86. The van der Waals surface area contributed by atoms with Gasteiger partial charge in [-0.1, -0.05) is 41.9 Å². The van der Waals surface area contributed by atoms with Gasteiger partial charge in [0, 0.05) is 16.3 Å². The Morgan fingerprint density at radius 1 is 1.24 bits per heavy atom. The summed E-state index contributed by atoms with van der Waals surface area (Å²) in [5, 5.41) is 17.3. The minimum atomic E-state index is -1.05. The quantitative estimate of drug-likeness (QED) is 0.562. The topological polar surface area (TPSA) is 68.0 Å². The molecule has 5 nitrogen and oxygen atoms in total. The molecule has 4 aromatic rings. The van der Waals surface area contributed by atoms with Crippen LogP contribution in [0.15, 0.2) is 47.8 Å². The number of aryl methyl sites for hydroxylation is 1. The minimum Gasteiger partial charge on any atom is -0.476 e. The second-order valence-corrected chi connectivity index (χ2v) is 6.83. The third kappa shape index (κ3) is 2.69. The number of benzene rings is 2. The SMILES string of the molecule is Cc1ccc(-c2nn(-c3nc(C(=O)O)cs3)c3ccccc23)c(Cl)c1. The molecular formula is C18H12ClN3O2S. The maximum absolute atomic E-state index is 11.1. The van der Waals surface area contributed by atoms with Crippen LogP contribution < -0.4 is 0 Å². The molecule has 7 heteroatoms. The van der Waals surface area contributed by atoms with Crippen LogP contribution in [-0.2, 0) is 0 Å². The number of hydrogen-bond donors (Lipinski definition) is 1. The van der Waals surface area contributed by atoms with E-state index in [1.54, 1.807) is 4.68 Å². The fraction of sp³-hybridized carbons (Fsp3) is 0.0556. The zero-order valence-electron chi connectivity index (χ0n) is 13.1. The van der Waals surface area contributed by atoms with E-state index < -0.39 is 5.97 Å². The molecule has 25 heavy (non-hydrogen) atoms. The van der Waals surface area contributed by atoms with Gasteiger partial charge in [-0.2, -0.15) is 5.10 Å². The van der Waals surface area contributed by atoms with Crippen LogP contribution in [0.4, 0.5) is 0 Å². The van der Waals surface area contributed by atoms with Crippen LogP contribution in [0.1, 0.15) is 16.1 Å². The maximum Gasteiger partial charge on any atom is 0.355 e. The highest BCUT2D eigenvalue weighted by atomic mass is 35.5. The number of fused-ring (bicyclic) bond motifs is 1. The van der Waals surface area contributed by atoms with Gasteiger partial charge in [0.2, 0.25) is 5.13 Å². The van der Waals surface area contributed by atoms with Crippen LogP contribution in [-0.4, -0.2) is 25.8 Å². The monoisotopic (exact) mass is 369 g/mol. The molecule has 0 aliphatic rings. The molecule has 2 aromatic carbocycles. The van der Waals surface area contributed by atoms with Crippen LogP contribution in [0.25, 0.3) is 27.3 Å². The zero-order chi connectivity index (χ0) is 17.6. The largest absolute Gasteiger partial charge is 0.476 e. The van der Waals surface area contributed by atoms with E-state index in [2.05, 4.69) is 10.1 Å². The number of halogens is 1. The Hall–Kier alpha value is -2.70. The predicted octanol–water partition coefficient (Wildman–Crippen LogP) is 4.81. The first kappa shape index (κ1) is 15.8. The van der Waals surface area contributed by atoms with Crippen molar-refractivity contribution in [2.24, 2.45) is 0 Å². The summed E-state index contributed by atoms with van der Waals surface area (Å²) in [6.45, 7) is 1.98. The molecule has 1 N–H and O–H groups in total. The molecule has 0 fully saturated rings. The number of nitrogens with zero attached hydrogens (tertiary/aromatic N) is 3. The van der Waals surface area contributed by atoms with Gasteiger partial charge >= 0.3 is 5.97 Å². The predicted molar refractivity (Wildman–Crippen MR) is 98.9 cm³/mol. The van der Waals surface area contributed by atoms with Gasteiger partial charge in [0.1, 0.15) is 5.69 Å². The number of carboxylic acids is 1. The van der Waals surface area contributed by atoms with E-state index in [0.717, 1.165) is 27.7 Å². The molecule has 0 unspecified atom stereocenters. The van der Waals surface area contributed by atoms with Crippen molar-refractivity contribution in [3.8, 4) is 16.4 Å². The Morgan fingerprint density at radius 2 is 2.04 bits per heavy atom. The number of hydrogen-bond acceptors (Lipinski definition) is 4. The molecule has 0 bridgehead atoms. The Balaban J connectivity index is 1.96. The molecule has 0 aliphatic carbocycles. The Bertz CT molecular complexity index is 1120. The summed E-state index contributed by atoms with van der Waals surface area (Å²) >= 11 is 7.66. The highest BCUT2D eigenvalue weighted by molar-refractivity contribution is 7.12. The molecule has 2 aromatic heterocycles. The third-order valence-corrected chi connectivity index (χ3v) is 4.99. The number of para-hydroxylation sites is 1. The van der Waals surface area contributed by atoms with Crippen molar-refractivity contribution >= 4 is 39.8 Å². The first-order valence-electron chi connectivity index (χ1n) is 7.48. The summed E-state index contributed by atoms with van der Waals surface area (Å²) in [5.74, 6) is -1.05. The normalized spacial score (nSPS) is 11.1. The summed E-state index contributed by atoms with van der Waals surface area (Å²) in [4.78, 5) is 15.3. The molecule has 0 atom stereocenters. The molecule has 124 valence electrons. The van der Waals surface area contributed by atoms with Crippen LogP contribution >= 0.6 is 22.9 Å². The van der Waals surface area contributed by atoms with Crippen LogP contribution in [0.3, 0.4) is 0 Å². The van der Waals surface area contributed by atoms with Gasteiger partial charge in [0.05, 0.1) is 10.5 Å². The van der Waals surface area contributed by atoms with Crippen LogP contribution in [0, 0.1) is 6.92 Å². The van der Waals surface area contributed by atoms with Crippen molar-refractivity contribution in [3.63, 3.8) is 0 Å². The first-order chi connectivity index (χ1) is 12.0. The first-order valence-corrected chi connectivity index (χ1v) is 8.74. The van der Waals surface area contributed by atoms with E-state index in [1.807, 2.05) is 49.4 Å². The van der Waals surface area contributed by atoms with Gasteiger partial charge < -0.3 is 5.11 Å². The highest BCUT2D eigenvalue weighted by Crippen LogP contribution is 2.34. The number of aromatic carboxylic acids is 1. The van der Waals surface area contributed by atoms with E-state index in [0.29, 0.717) is 10.2 Å². The molecule has 0 spiro atoms. The van der Waals surface area contributed by atoms with Gasteiger partial charge in [0.25, 0.3) is 0 Å². The lowest BCUT2D eigenvalue weighted by molar-refractivity contribution is 0.0691. The van der Waals surface area contributed by atoms with E-state index >= 15 is 0 Å². The van der Waals surface area contributed by atoms with Gasteiger partial charge in [0.15, 0.2) is 5.69 Å². The number of thiazole rings is 1. The van der Waals surface area contributed by atoms with Crippen molar-refractivity contribution < 1.29 is 9.90 Å². The molecule has 0 radical (unpaired) electrons. The number of carboxylic acid groups (broad SMARTS) is 1. The molecule has 4 rings (SSSR count). The molecule has 0 aliphatic heterocycles. The minimum absolute atomic E-state index is 0.00880. The van der Waals surface area contributed by atoms with E-state index in [-0.39, 0.29) is 5.69 Å². The second-order valence-electron chi connectivity index (χ2n) is 5.58. The number of rotatable bonds is 3. The summed E-state index contributed by atoms with van der Waals surface area (Å²) in [6, 6.07) is 13.6. The van der Waals surface area contributed by atoms with Crippen molar-refractivity contribution in [2.75, 3.05) is 0 Å². The lowest BCUT2D eigenvalue weighted by Crippen LogP contribution is -2.00. The van der Waals surface area contributed by atoms with Gasteiger partial charge in [-0.3, -0.25) is 0 Å². The van der Waals surface area contributed by atoms with Crippen LogP contribution in [0.5, 0.6) is 0 Å². The average molecular weight is 370 g/mol. The molecule has 2 heterocycles. The van der Waals surface area contributed by atoms with Crippen LogP contribution in [0.2, 0.25) is 5.02 Å². The lowest BCUT2D eigenvalue weighted by atomic mass is 10.1. The lowest BCUT2D eigenvalue weighted by Gasteiger charge is -2.02.